The molecule has 2 nitrogen and oxygen atoms in total. The Balaban J connectivity index is 2.29. The molecule has 0 amide bonds. The van der Waals surface area contributed by atoms with E-state index in [9.17, 15) is 0 Å². The van der Waals surface area contributed by atoms with Gasteiger partial charge < -0.3 is 5.73 Å². The summed E-state index contributed by atoms with van der Waals surface area (Å²) in [5, 5.41) is 0. The minimum atomic E-state index is -0.151. The van der Waals surface area contributed by atoms with Crippen molar-refractivity contribution in [2.75, 3.05) is 6.54 Å². The quantitative estimate of drug-likeness (QED) is 0.299. The zero-order valence-electron chi connectivity index (χ0n) is 3.64. The van der Waals surface area contributed by atoms with Gasteiger partial charge >= 0.3 is 0 Å². The van der Waals surface area contributed by atoms with Gasteiger partial charge in [0.2, 0.25) is 0 Å². The van der Waals surface area contributed by atoms with Crippen LogP contribution in [0.3, 0.4) is 0 Å². The smallest absolute Gasteiger partial charge is 0.115 e. The van der Waals surface area contributed by atoms with Crippen molar-refractivity contribution in [2.24, 2.45) is 5.73 Å². The zero-order chi connectivity index (χ0) is 5.44. The predicted octanol–water partition coefficient (Wildman–Crippen LogP) is 0.348. The van der Waals surface area contributed by atoms with Gasteiger partial charge in [-0.25, -0.2) is 0 Å². The van der Waals surface area contributed by atoms with Crippen molar-refractivity contribution < 1.29 is 0 Å². The lowest BCUT2D eigenvalue weighted by Crippen LogP contribution is -2.56. The van der Waals surface area contributed by atoms with Gasteiger partial charge in [-0.05, 0) is 11.8 Å². The average Bonchev–Trinajstić information content (AvgIpc) is 1.68. The van der Waals surface area contributed by atoms with Crippen LogP contribution in [0.25, 0.3) is 0 Å². The highest BCUT2D eigenvalue weighted by Gasteiger charge is 2.32. The molecule has 1 heterocycles. The molecule has 2 atom stereocenters. The molecule has 4 heteroatoms. The third-order valence-corrected chi connectivity index (χ3v) is 2.01. The van der Waals surface area contributed by atoms with Gasteiger partial charge in [0.25, 0.3) is 0 Å². The van der Waals surface area contributed by atoms with Gasteiger partial charge in [-0.1, -0.05) is 0 Å². The van der Waals surface area contributed by atoms with Crippen LogP contribution >= 0.6 is 23.4 Å². The van der Waals surface area contributed by atoms with Gasteiger partial charge in [0.1, 0.15) is 5.50 Å². The van der Waals surface area contributed by atoms with E-state index in [4.69, 9.17) is 29.1 Å². The summed E-state index contributed by atoms with van der Waals surface area (Å²) in [6.07, 6.45) is 0. The molecule has 1 saturated heterocycles. The van der Waals surface area contributed by atoms with Crippen LogP contribution < -0.4 is 5.73 Å². The molecule has 1 fully saturated rings. The van der Waals surface area contributed by atoms with Crippen LogP contribution in [-0.4, -0.2) is 22.5 Å². The molecular weight excluding hydrogens is 135 g/mol. The molecule has 1 rings (SSSR count). The minimum Gasteiger partial charge on any atom is -0.324 e. The van der Waals surface area contributed by atoms with Crippen molar-refractivity contribution in [3.05, 3.63) is 0 Å². The van der Waals surface area contributed by atoms with Crippen molar-refractivity contribution in [3.8, 4) is 0 Å². The van der Waals surface area contributed by atoms with E-state index in [-0.39, 0.29) is 11.5 Å². The molecular formula is C3H6Cl2N2. The molecule has 0 spiro atoms. The second-order valence-corrected chi connectivity index (χ2v) is 2.50. The van der Waals surface area contributed by atoms with E-state index in [1.807, 2.05) is 0 Å². The summed E-state index contributed by atoms with van der Waals surface area (Å²) in [5.74, 6) is 0. The Morgan fingerprint density at radius 1 is 1.71 bits per heavy atom. The molecule has 1 aliphatic rings. The summed E-state index contributed by atoms with van der Waals surface area (Å²) in [6, 6.07) is 0.0687. The molecule has 7 heavy (non-hydrogen) atoms. The third kappa shape index (κ3) is 0.842. The predicted molar refractivity (Wildman–Crippen MR) is 30.2 cm³/mol. The molecule has 0 aliphatic carbocycles. The average molecular weight is 141 g/mol. The summed E-state index contributed by atoms with van der Waals surface area (Å²) in [5.41, 5.74) is 5.20. The Morgan fingerprint density at radius 3 is 2.29 bits per heavy atom. The molecule has 1 aliphatic heterocycles. The van der Waals surface area contributed by atoms with Crippen LogP contribution in [0.15, 0.2) is 0 Å². The SMILES string of the molecule is NC1CN(Cl)C1Cl. The highest BCUT2D eigenvalue weighted by Crippen LogP contribution is 2.21. The number of nitrogens with two attached hydrogens (primary N) is 1. The van der Waals surface area contributed by atoms with Crippen LogP contribution in [0, 0.1) is 0 Å². The molecule has 0 saturated carbocycles. The Kier molecular flexibility index (Phi) is 1.44. The summed E-state index contributed by atoms with van der Waals surface area (Å²) in [6.45, 7) is 0.704. The Labute approximate surface area is 52.3 Å². The molecule has 0 aromatic carbocycles. The van der Waals surface area contributed by atoms with Crippen LogP contribution in [-0.2, 0) is 0 Å². The maximum atomic E-state index is 5.52. The van der Waals surface area contributed by atoms with E-state index in [2.05, 4.69) is 0 Å². The van der Waals surface area contributed by atoms with Gasteiger partial charge in [0, 0.05) is 12.6 Å². The topological polar surface area (TPSA) is 29.3 Å². The van der Waals surface area contributed by atoms with Gasteiger partial charge in [-0.15, -0.1) is 11.6 Å². The lowest BCUT2D eigenvalue weighted by atomic mass is 10.2. The van der Waals surface area contributed by atoms with E-state index in [0.717, 1.165) is 0 Å². The summed E-state index contributed by atoms with van der Waals surface area (Å²) < 4.78 is 1.48. The van der Waals surface area contributed by atoms with Crippen LogP contribution in [0.2, 0.25) is 0 Å². The summed E-state index contributed by atoms with van der Waals surface area (Å²) >= 11 is 10.9. The minimum absolute atomic E-state index is 0.0687. The number of rotatable bonds is 0. The molecule has 0 radical (unpaired) electrons. The maximum Gasteiger partial charge on any atom is 0.115 e. The number of halogens is 2. The number of hydrogen-bond donors (Lipinski definition) is 1. The van der Waals surface area contributed by atoms with Gasteiger partial charge in [-0.2, -0.15) is 4.42 Å². The highest BCUT2D eigenvalue weighted by atomic mass is 35.5. The largest absolute Gasteiger partial charge is 0.324 e. The molecule has 0 bridgehead atoms. The van der Waals surface area contributed by atoms with Crippen LogP contribution in [0.1, 0.15) is 0 Å². The fourth-order valence-corrected chi connectivity index (χ4v) is 0.922. The Hall–Kier alpha value is 0.500. The number of hydrogen-bond acceptors (Lipinski definition) is 2. The maximum absolute atomic E-state index is 5.52. The second-order valence-electron chi connectivity index (χ2n) is 1.62. The molecule has 2 unspecified atom stereocenters. The first-order chi connectivity index (χ1) is 3.22. The number of nitrogens with zero attached hydrogens (tertiary/aromatic N) is 1. The van der Waals surface area contributed by atoms with E-state index in [0.29, 0.717) is 6.54 Å². The first-order valence-electron chi connectivity index (χ1n) is 2.04. The molecule has 42 valence electrons. The van der Waals surface area contributed by atoms with E-state index >= 15 is 0 Å². The van der Waals surface area contributed by atoms with E-state index in [1.165, 1.54) is 4.42 Å². The third-order valence-electron chi connectivity index (χ3n) is 1.01. The molecule has 0 aromatic rings. The van der Waals surface area contributed by atoms with Crippen molar-refractivity contribution in [1.29, 1.82) is 0 Å². The molecule has 2 N–H and O–H groups in total. The van der Waals surface area contributed by atoms with Crippen LogP contribution in [0.5, 0.6) is 0 Å². The second kappa shape index (κ2) is 1.78. The van der Waals surface area contributed by atoms with Gasteiger partial charge in [0.05, 0.1) is 0 Å². The normalized spacial score (nSPS) is 43.3. The fraction of sp³-hybridized carbons (Fsp3) is 1.00. The zero-order valence-corrected chi connectivity index (χ0v) is 5.15. The first kappa shape index (κ1) is 5.63. The van der Waals surface area contributed by atoms with Crippen molar-refractivity contribution >= 4 is 23.4 Å². The van der Waals surface area contributed by atoms with Crippen molar-refractivity contribution in [3.63, 3.8) is 0 Å². The fourth-order valence-electron chi connectivity index (χ4n) is 0.459. The summed E-state index contributed by atoms with van der Waals surface area (Å²) in [4.78, 5) is 0. The molecule has 0 aromatic heterocycles. The monoisotopic (exact) mass is 140 g/mol. The standard InChI is InChI=1S/C3H6Cl2N2/c4-3-2(6)1-7(3)5/h2-3H,1,6H2. The van der Waals surface area contributed by atoms with Gasteiger partial charge in [-0.3, -0.25) is 0 Å². The number of alkyl halides is 1. The van der Waals surface area contributed by atoms with Gasteiger partial charge in [0.15, 0.2) is 0 Å². The Morgan fingerprint density at radius 2 is 2.29 bits per heavy atom. The lowest BCUT2D eigenvalue weighted by Gasteiger charge is -2.36. The van der Waals surface area contributed by atoms with Crippen molar-refractivity contribution in [1.82, 2.24) is 4.42 Å². The van der Waals surface area contributed by atoms with E-state index in [1.54, 1.807) is 0 Å². The summed E-state index contributed by atoms with van der Waals surface area (Å²) in [7, 11) is 0. The van der Waals surface area contributed by atoms with E-state index < -0.39 is 0 Å². The highest BCUT2D eigenvalue weighted by molar-refractivity contribution is 6.26. The van der Waals surface area contributed by atoms with Crippen LogP contribution in [0.4, 0.5) is 0 Å². The lowest BCUT2D eigenvalue weighted by molar-refractivity contribution is 0.241. The Bertz CT molecular complexity index is 69.3. The van der Waals surface area contributed by atoms with Crippen molar-refractivity contribution in [2.45, 2.75) is 11.5 Å². The first-order valence-corrected chi connectivity index (χ1v) is 2.81.